The molecule has 0 saturated heterocycles. The topological polar surface area (TPSA) is 56.7 Å². The van der Waals surface area contributed by atoms with Crippen molar-refractivity contribution in [2.24, 2.45) is 4.99 Å². The maximum atomic E-state index is 11.8. The number of nitrogens with one attached hydrogen (secondary N) is 2. The number of guanidine groups is 1. The van der Waals surface area contributed by atoms with E-state index in [4.69, 9.17) is 11.6 Å². The third kappa shape index (κ3) is 7.51. The number of amides is 1. The summed E-state index contributed by atoms with van der Waals surface area (Å²) in [6.07, 6.45) is 0.824. The summed E-state index contributed by atoms with van der Waals surface area (Å²) in [6.45, 7) is 2.11. The van der Waals surface area contributed by atoms with Crippen LogP contribution in [0.15, 0.2) is 46.8 Å². The van der Waals surface area contributed by atoms with Crippen LogP contribution in [0.5, 0.6) is 0 Å². The number of benzene rings is 1. The Hall–Kier alpha value is -1.32. The summed E-state index contributed by atoms with van der Waals surface area (Å²) in [5, 5.41) is 8.86. The van der Waals surface area contributed by atoms with Crippen LogP contribution < -0.4 is 10.6 Å². The van der Waals surface area contributed by atoms with Crippen LogP contribution in [0.2, 0.25) is 5.02 Å². The van der Waals surface area contributed by atoms with Crippen molar-refractivity contribution in [1.29, 1.82) is 0 Å². The van der Waals surface area contributed by atoms with Crippen LogP contribution in [0.4, 0.5) is 0 Å². The molecule has 1 amide bonds. The van der Waals surface area contributed by atoms with Gasteiger partial charge in [-0.3, -0.25) is 9.79 Å². The fourth-order valence-corrected chi connectivity index (χ4v) is 3.07. The van der Waals surface area contributed by atoms with E-state index >= 15 is 0 Å². The Morgan fingerprint density at radius 1 is 1.19 bits per heavy atom. The number of nitrogens with zero attached hydrogens (tertiary/aromatic N) is 2. The van der Waals surface area contributed by atoms with Crippen LogP contribution in [0.25, 0.3) is 0 Å². The molecule has 0 aliphatic carbocycles. The Bertz CT molecular complexity index is 692. The van der Waals surface area contributed by atoms with E-state index in [2.05, 4.69) is 15.6 Å². The van der Waals surface area contributed by atoms with Crippen molar-refractivity contribution in [2.75, 3.05) is 27.2 Å². The number of hydrogen-bond acceptors (Lipinski definition) is 3. The number of thiophene rings is 1. The first-order chi connectivity index (χ1) is 12.1. The van der Waals surface area contributed by atoms with E-state index in [0.717, 1.165) is 40.9 Å². The molecule has 0 spiro atoms. The Labute approximate surface area is 180 Å². The molecule has 5 nitrogen and oxygen atoms in total. The van der Waals surface area contributed by atoms with Crippen LogP contribution in [0.3, 0.4) is 0 Å². The first kappa shape index (κ1) is 22.7. The van der Waals surface area contributed by atoms with Gasteiger partial charge in [0.25, 0.3) is 5.91 Å². The molecule has 0 unspecified atom stereocenters. The highest BCUT2D eigenvalue weighted by molar-refractivity contribution is 14.0. The summed E-state index contributed by atoms with van der Waals surface area (Å²) in [4.78, 5) is 18.9. The molecule has 0 fully saturated rings. The van der Waals surface area contributed by atoms with Crippen molar-refractivity contribution in [3.05, 3.63) is 57.2 Å². The van der Waals surface area contributed by atoms with Crippen molar-refractivity contribution in [2.45, 2.75) is 13.0 Å². The van der Waals surface area contributed by atoms with Gasteiger partial charge < -0.3 is 15.5 Å². The largest absolute Gasteiger partial charge is 0.356 e. The molecule has 2 N–H and O–H groups in total. The molecular weight excluding hydrogens is 483 g/mol. The van der Waals surface area contributed by atoms with Crippen LogP contribution >= 0.6 is 46.9 Å². The summed E-state index contributed by atoms with van der Waals surface area (Å²) in [5.74, 6) is 0.804. The van der Waals surface area contributed by atoms with Crippen molar-refractivity contribution in [3.8, 4) is 0 Å². The van der Waals surface area contributed by atoms with Crippen LogP contribution in [-0.2, 0) is 6.54 Å². The number of rotatable bonds is 7. The number of aliphatic imine (C=N–C) groups is 1. The second-order valence-electron chi connectivity index (χ2n) is 5.54. The minimum absolute atomic E-state index is 0. The zero-order valence-electron chi connectivity index (χ0n) is 14.9. The summed E-state index contributed by atoms with van der Waals surface area (Å²) in [6, 6.07) is 11.5. The molecule has 8 heteroatoms. The molecule has 0 atom stereocenters. The molecule has 0 radical (unpaired) electrons. The average Bonchev–Trinajstić information content (AvgIpc) is 3.14. The average molecular weight is 507 g/mol. The highest BCUT2D eigenvalue weighted by atomic mass is 127. The lowest BCUT2D eigenvalue weighted by molar-refractivity contribution is 0.0957. The fourth-order valence-electron chi connectivity index (χ4n) is 2.31. The maximum absolute atomic E-state index is 11.8. The fraction of sp³-hybridized carbons (Fsp3) is 0.333. The minimum atomic E-state index is -0.0146. The predicted octanol–water partition coefficient (Wildman–Crippen LogP) is 3.85. The lowest BCUT2D eigenvalue weighted by atomic mass is 10.2. The van der Waals surface area contributed by atoms with Crippen molar-refractivity contribution in [1.82, 2.24) is 15.5 Å². The van der Waals surface area contributed by atoms with Gasteiger partial charge in [-0.15, -0.1) is 35.3 Å². The van der Waals surface area contributed by atoms with Crippen molar-refractivity contribution < 1.29 is 4.79 Å². The molecule has 26 heavy (non-hydrogen) atoms. The lowest BCUT2D eigenvalue weighted by Gasteiger charge is -2.22. The second-order valence-corrected chi connectivity index (χ2v) is 6.93. The molecule has 0 bridgehead atoms. The monoisotopic (exact) mass is 506 g/mol. The molecule has 0 aliphatic heterocycles. The molecule has 0 saturated carbocycles. The van der Waals surface area contributed by atoms with Gasteiger partial charge in [-0.25, -0.2) is 0 Å². The van der Waals surface area contributed by atoms with Gasteiger partial charge in [0, 0.05) is 38.8 Å². The molecule has 1 heterocycles. The smallest absolute Gasteiger partial charge is 0.261 e. The molecule has 0 aliphatic rings. The van der Waals surface area contributed by atoms with Crippen LogP contribution in [0, 0.1) is 0 Å². The molecule has 1 aromatic carbocycles. The quantitative estimate of drug-likeness (QED) is 0.260. The highest BCUT2D eigenvalue weighted by Crippen LogP contribution is 2.11. The van der Waals surface area contributed by atoms with E-state index in [1.807, 2.05) is 53.7 Å². The maximum Gasteiger partial charge on any atom is 0.261 e. The van der Waals surface area contributed by atoms with E-state index in [1.165, 1.54) is 11.3 Å². The highest BCUT2D eigenvalue weighted by Gasteiger charge is 2.07. The normalized spacial score (nSPS) is 10.8. The van der Waals surface area contributed by atoms with Gasteiger partial charge in [-0.05, 0) is 35.6 Å². The van der Waals surface area contributed by atoms with E-state index in [-0.39, 0.29) is 29.9 Å². The van der Waals surface area contributed by atoms with Gasteiger partial charge >= 0.3 is 0 Å². The van der Waals surface area contributed by atoms with E-state index in [1.54, 1.807) is 7.05 Å². The Kier molecular flexibility index (Phi) is 10.6. The Morgan fingerprint density at radius 3 is 2.50 bits per heavy atom. The standard InChI is InChI=1S/C18H23ClN4OS.HI/c1-20-18(23(2)13-14-6-8-15(19)9-7-14)22-11-4-10-21-17(24)16-5-3-12-25-16;/h3,5-9,12H,4,10-11,13H2,1-2H3,(H,20,22)(H,21,24);1H. The van der Waals surface area contributed by atoms with E-state index in [0.29, 0.717) is 6.54 Å². The molecule has 1 aromatic heterocycles. The summed E-state index contributed by atoms with van der Waals surface area (Å²) in [5.41, 5.74) is 1.16. The Balaban J connectivity index is 0.00000338. The molecule has 2 aromatic rings. The number of carbonyl (C=O) groups excluding carboxylic acids is 1. The summed E-state index contributed by atoms with van der Waals surface area (Å²) < 4.78 is 0. The van der Waals surface area contributed by atoms with Gasteiger partial charge in [-0.2, -0.15) is 0 Å². The third-order valence-corrected chi connectivity index (χ3v) is 4.69. The number of hydrogen-bond donors (Lipinski definition) is 2. The van der Waals surface area contributed by atoms with Gasteiger partial charge in [0.05, 0.1) is 4.88 Å². The van der Waals surface area contributed by atoms with Gasteiger partial charge in [-0.1, -0.05) is 29.8 Å². The first-order valence-corrected chi connectivity index (χ1v) is 9.34. The SMILES string of the molecule is CN=C(NCCCNC(=O)c1cccs1)N(C)Cc1ccc(Cl)cc1.I. The summed E-state index contributed by atoms with van der Waals surface area (Å²) >= 11 is 7.36. The van der Waals surface area contributed by atoms with E-state index < -0.39 is 0 Å². The lowest BCUT2D eigenvalue weighted by Crippen LogP contribution is -2.39. The first-order valence-electron chi connectivity index (χ1n) is 8.08. The Morgan fingerprint density at radius 2 is 1.88 bits per heavy atom. The summed E-state index contributed by atoms with van der Waals surface area (Å²) in [7, 11) is 3.75. The second kappa shape index (κ2) is 12.1. The van der Waals surface area contributed by atoms with Gasteiger partial charge in [0.1, 0.15) is 0 Å². The molecule has 2 rings (SSSR count). The molecule has 142 valence electrons. The number of carbonyl (C=O) groups is 1. The van der Waals surface area contributed by atoms with Crippen LogP contribution in [-0.4, -0.2) is 44.0 Å². The zero-order valence-corrected chi connectivity index (χ0v) is 18.8. The van der Waals surface area contributed by atoms with Gasteiger partial charge in [0.15, 0.2) is 5.96 Å². The zero-order chi connectivity index (χ0) is 18.1. The minimum Gasteiger partial charge on any atom is -0.356 e. The number of halogens is 2. The predicted molar refractivity (Wildman–Crippen MR) is 121 cm³/mol. The van der Waals surface area contributed by atoms with Crippen molar-refractivity contribution in [3.63, 3.8) is 0 Å². The molecular formula is C18H24ClIN4OS. The third-order valence-electron chi connectivity index (χ3n) is 3.57. The van der Waals surface area contributed by atoms with Crippen LogP contribution in [0.1, 0.15) is 21.7 Å². The van der Waals surface area contributed by atoms with Gasteiger partial charge in [0.2, 0.25) is 0 Å². The van der Waals surface area contributed by atoms with Crippen molar-refractivity contribution >= 4 is 58.8 Å². The van der Waals surface area contributed by atoms with E-state index in [9.17, 15) is 4.79 Å².